The molecule has 4 nitrogen and oxygen atoms in total. The predicted molar refractivity (Wildman–Crippen MR) is 70.2 cm³/mol. The van der Waals surface area contributed by atoms with Crippen molar-refractivity contribution in [3.8, 4) is 5.75 Å². The Labute approximate surface area is 107 Å². The van der Waals surface area contributed by atoms with Crippen molar-refractivity contribution >= 4 is 11.7 Å². The Hall–Kier alpha value is -1.71. The standard InChI is InChI=1S/C14H19NO3/c1-3-18-12-6-4-11(5-7-12)15-9-8-14(2,10-15)13(16)17/h4-7H,3,8-10H2,1-2H3,(H,16,17). The van der Waals surface area contributed by atoms with Gasteiger partial charge in [-0.1, -0.05) is 0 Å². The first kappa shape index (κ1) is 12.7. The second-order valence-corrected chi connectivity index (χ2v) is 4.96. The van der Waals surface area contributed by atoms with Crippen LogP contribution in [0.4, 0.5) is 5.69 Å². The van der Waals surface area contributed by atoms with Crippen molar-refractivity contribution in [1.82, 2.24) is 0 Å². The molecule has 98 valence electrons. The van der Waals surface area contributed by atoms with E-state index in [1.54, 1.807) is 0 Å². The fourth-order valence-electron chi connectivity index (χ4n) is 2.28. The molecule has 4 heteroatoms. The number of aliphatic carboxylic acids is 1. The third-order valence-corrected chi connectivity index (χ3v) is 3.50. The molecule has 0 aromatic heterocycles. The zero-order valence-electron chi connectivity index (χ0n) is 10.8. The summed E-state index contributed by atoms with van der Waals surface area (Å²) in [4.78, 5) is 13.3. The number of carbonyl (C=O) groups is 1. The van der Waals surface area contributed by atoms with E-state index in [9.17, 15) is 9.90 Å². The first-order chi connectivity index (χ1) is 8.55. The van der Waals surface area contributed by atoms with Gasteiger partial charge in [-0.2, -0.15) is 0 Å². The Morgan fingerprint density at radius 3 is 2.61 bits per heavy atom. The van der Waals surface area contributed by atoms with E-state index in [4.69, 9.17) is 4.74 Å². The highest BCUT2D eigenvalue weighted by Gasteiger charge is 2.40. The minimum atomic E-state index is -0.712. The minimum absolute atomic E-state index is 0.566. The number of hydrogen-bond donors (Lipinski definition) is 1. The Morgan fingerprint density at radius 1 is 1.44 bits per heavy atom. The summed E-state index contributed by atoms with van der Waals surface area (Å²) in [6, 6.07) is 7.82. The first-order valence-corrected chi connectivity index (χ1v) is 6.26. The molecule has 1 aliphatic heterocycles. The van der Waals surface area contributed by atoms with Crippen LogP contribution in [-0.2, 0) is 4.79 Å². The smallest absolute Gasteiger partial charge is 0.311 e. The van der Waals surface area contributed by atoms with E-state index in [0.717, 1.165) is 18.0 Å². The number of benzene rings is 1. The van der Waals surface area contributed by atoms with Crippen LogP contribution in [0.15, 0.2) is 24.3 Å². The Morgan fingerprint density at radius 2 is 2.11 bits per heavy atom. The highest BCUT2D eigenvalue weighted by molar-refractivity contribution is 5.76. The maximum absolute atomic E-state index is 11.2. The minimum Gasteiger partial charge on any atom is -0.494 e. The van der Waals surface area contributed by atoms with Gasteiger partial charge < -0.3 is 14.7 Å². The van der Waals surface area contributed by atoms with E-state index in [-0.39, 0.29) is 0 Å². The summed E-state index contributed by atoms with van der Waals surface area (Å²) >= 11 is 0. The molecular weight excluding hydrogens is 230 g/mol. The summed E-state index contributed by atoms with van der Waals surface area (Å²) in [5, 5.41) is 9.20. The summed E-state index contributed by atoms with van der Waals surface area (Å²) in [5.41, 5.74) is 0.432. The number of hydrogen-bond acceptors (Lipinski definition) is 3. The predicted octanol–water partition coefficient (Wildman–Crippen LogP) is 2.39. The molecule has 1 saturated heterocycles. The number of rotatable bonds is 4. The maximum atomic E-state index is 11.2. The van der Waals surface area contributed by atoms with Crippen molar-refractivity contribution < 1.29 is 14.6 Å². The van der Waals surface area contributed by atoms with Crippen molar-refractivity contribution in [1.29, 1.82) is 0 Å². The zero-order chi connectivity index (χ0) is 13.2. The highest BCUT2D eigenvalue weighted by atomic mass is 16.5. The molecule has 1 unspecified atom stereocenters. The van der Waals surface area contributed by atoms with Crippen LogP contribution in [0.25, 0.3) is 0 Å². The molecule has 1 fully saturated rings. The molecule has 1 aliphatic rings. The van der Waals surface area contributed by atoms with Crippen LogP contribution in [0.2, 0.25) is 0 Å². The molecule has 1 N–H and O–H groups in total. The van der Waals surface area contributed by atoms with Crippen LogP contribution in [-0.4, -0.2) is 30.8 Å². The fourth-order valence-corrected chi connectivity index (χ4v) is 2.28. The normalized spacial score (nSPS) is 23.1. The van der Waals surface area contributed by atoms with Crippen LogP contribution < -0.4 is 9.64 Å². The number of ether oxygens (including phenoxy) is 1. The SMILES string of the molecule is CCOc1ccc(N2CCC(C)(C(=O)O)C2)cc1. The maximum Gasteiger partial charge on any atom is 0.311 e. The molecule has 0 saturated carbocycles. The van der Waals surface area contributed by atoms with Gasteiger partial charge in [0.25, 0.3) is 0 Å². The van der Waals surface area contributed by atoms with Crippen molar-refractivity contribution in [2.75, 3.05) is 24.6 Å². The van der Waals surface area contributed by atoms with Gasteiger partial charge in [0.1, 0.15) is 5.75 Å². The molecule has 1 aromatic carbocycles. The lowest BCUT2D eigenvalue weighted by molar-refractivity contribution is -0.146. The van der Waals surface area contributed by atoms with Crippen LogP contribution in [0, 0.1) is 5.41 Å². The Bertz CT molecular complexity index is 429. The van der Waals surface area contributed by atoms with E-state index in [2.05, 4.69) is 4.90 Å². The van der Waals surface area contributed by atoms with Gasteiger partial charge in [0.15, 0.2) is 0 Å². The lowest BCUT2D eigenvalue weighted by atomic mass is 9.90. The second kappa shape index (κ2) is 4.88. The molecule has 2 rings (SSSR count). The van der Waals surface area contributed by atoms with Crippen LogP contribution in [0.3, 0.4) is 0 Å². The van der Waals surface area contributed by atoms with Crippen molar-refractivity contribution in [3.05, 3.63) is 24.3 Å². The second-order valence-electron chi connectivity index (χ2n) is 4.96. The molecule has 0 bridgehead atoms. The third-order valence-electron chi connectivity index (χ3n) is 3.50. The van der Waals surface area contributed by atoms with Crippen molar-refractivity contribution in [2.24, 2.45) is 5.41 Å². The molecule has 1 heterocycles. The Balaban J connectivity index is 2.07. The highest BCUT2D eigenvalue weighted by Crippen LogP contribution is 2.33. The van der Waals surface area contributed by atoms with E-state index in [0.29, 0.717) is 19.6 Å². The van der Waals surface area contributed by atoms with E-state index in [1.165, 1.54) is 0 Å². The monoisotopic (exact) mass is 249 g/mol. The fraction of sp³-hybridized carbons (Fsp3) is 0.500. The number of carboxylic acids is 1. The van der Waals surface area contributed by atoms with Gasteiger partial charge >= 0.3 is 5.97 Å². The average Bonchev–Trinajstić information content (AvgIpc) is 2.75. The van der Waals surface area contributed by atoms with Gasteiger partial charge in [0.05, 0.1) is 12.0 Å². The van der Waals surface area contributed by atoms with Crippen LogP contribution in [0.5, 0.6) is 5.75 Å². The summed E-state index contributed by atoms with van der Waals surface area (Å²) in [7, 11) is 0. The van der Waals surface area contributed by atoms with Gasteiger partial charge in [-0.05, 0) is 44.5 Å². The number of nitrogens with zero attached hydrogens (tertiary/aromatic N) is 1. The number of anilines is 1. The van der Waals surface area contributed by atoms with Crippen molar-refractivity contribution in [2.45, 2.75) is 20.3 Å². The lowest BCUT2D eigenvalue weighted by Crippen LogP contribution is -2.31. The number of carboxylic acid groups (broad SMARTS) is 1. The van der Waals surface area contributed by atoms with E-state index >= 15 is 0 Å². The quantitative estimate of drug-likeness (QED) is 0.890. The van der Waals surface area contributed by atoms with Crippen LogP contribution in [0.1, 0.15) is 20.3 Å². The largest absolute Gasteiger partial charge is 0.494 e. The molecule has 1 aromatic rings. The third kappa shape index (κ3) is 2.42. The molecule has 18 heavy (non-hydrogen) atoms. The molecular formula is C14H19NO3. The summed E-state index contributed by atoms with van der Waals surface area (Å²) < 4.78 is 5.39. The van der Waals surface area contributed by atoms with Gasteiger partial charge in [0, 0.05) is 18.8 Å². The molecule has 0 spiro atoms. The van der Waals surface area contributed by atoms with Crippen molar-refractivity contribution in [3.63, 3.8) is 0 Å². The Kier molecular flexibility index (Phi) is 3.45. The first-order valence-electron chi connectivity index (χ1n) is 6.26. The summed E-state index contributed by atoms with van der Waals surface area (Å²) in [5.74, 6) is 0.136. The van der Waals surface area contributed by atoms with E-state index < -0.39 is 11.4 Å². The van der Waals surface area contributed by atoms with Gasteiger partial charge in [-0.3, -0.25) is 4.79 Å². The molecule has 0 aliphatic carbocycles. The average molecular weight is 249 g/mol. The van der Waals surface area contributed by atoms with Gasteiger partial charge in [0.2, 0.25) is 0 Å². The topological polar surface area (TPSA) is 49.8 Å². The van der Waals surface area contributed by atoms with Crippen LogP contribution >= 0.6 is 0 Å². The summed E-state index contributed by atoms with van der Waals surface area (Å²) in [6.07, 6.45) is 0.690. The lowest BCUT2D eigenvalue weighted by Gasteiger charge is -2.22. The molecule has 0 amide bonds. The van der Waals surface area contributed by atoms with Gasteiger partial charge in [-0.25, -0.2) is 0 Å². The van der Waals surface area contributed by atoms with E-state index in [1.807, 2.05) is 38.1 Å². The molecule has 1 atom stereocenters. The summed E-state index contributed by atoms with van der Waals surface area (Å²) in [6.45, 7) is 5.77. The zero-order valence-corrected chi connectivity index (χ0v) is 10.8. The molecule has 0 radical (unpaired) electrons. The van der Waals surface area contributed by atoms with Gasteiger partial charge in [-0.15, -0.1) is 0 Å².